The molecule has 1 aliphatic heterocycles. The van der Waals surface area contributed by atoms with Crippen molar-refractivity contribution >= 4 is 31.1 Å². The van der Waals surface area contributed by atoms with Gasteiger partial charge in [0.25, 0.3) is 5.91 Å². The first kappa shape index (κ1) is 21.7. The van der Waals surface area contributed by atoms with Crippen LogP contribution in [0.5, 0.6) is 0 Å². The van der Waals surface area contributed by atoms with Gasteiger partial charge in [0.2, 0.25) is 0 Å². The summed E-state index contributed by atoms with van der Waals surface area (Å²) in [7, 11) is 5.33. The molecular formula is C22H24BN7O2. The van der Waals surface area contributed by atoms with Gasteiger partial charge in [0.05, 0.1) is 42.7 Å². The van der Waals surface area contributed by atoms with Crippen molar-refractivity contribution in [2.75, 3.05) is 48.8 Å². The zero-order chi connectivity index (χ0) is 22.3. The largest absolute Gasteiger partial charge is 0.382 e. The highest BCUT2D eigenvalue weighted by molar-refractivity contribution is 6.07. The molecule has 9 nitrogen and oxygen atoms in total. The Bertz CT molecular complexity index is 1070. The number of amides is 1. The Hall–Kier alpha value is -3.50. The van der Waals surface area contributed by atoms with Crippen LogP contribution in [0.15, 0.2) is 48.9 Å². The number of benzene rings is 1. The molecule has 1 aliphatic rings. The van der Waals surface area contributed by atoms with Gasteiger partial charge in [-0.05, 0) is 24.6 Å². The molecule has 0 unspecified atom stereocenters. The highest BCUT2D eigenvalue weighted by atomic mass is 16.5. The lowest BCUT2D eigenvalue weighted by Gasteiger charge is -2.30. The molecule has 3 heterocycles. The summed E-state index contributed by atoms with van der Waals surface area (Å²) < 4.78 is 5.42. The number of nitrogens with two attached hydrogens (primary N) is 1. The fourth-order valence-corrected chi connectivity index (χ4v) is 3.51. The zero-order valence-corrected chi connectivity index (χ0v) is 17.6. The topological polar surface area (TPSA) is 118 Å². The summed E-state index contributed by atoms with van der Waals surface area (Å²) in [6.45, 7) is 3.44. The van der Waals surface area contributed by atoms with Crippen LogP contribution in [0.25, 0.3) is 11.3 Å². The SMILES string of the molecule is [B]NCCc1ccc(-c2cnc(N)c(C(=O)Nc3cnccc3N3CCOCC3)n2)cc1. The smallest absolute Gasteiger partial charge is 0.278 e. The Balaban J connectivity index is 1.55. The normalized spacial score (nSPS) is 13.7. The molecule has 4 rings (SSSR count). The third-order valence-electron chi connectivity index (χ3n) is 5.22. The van der Waals surface area contributed by atoms with E-state index in [1.807, 2.05) is 30.3 Å². The molecule has 0 atom stereocenters. The number of hydrogen-bond donors (Lipinski definition) is 3. The first-order chi connectivity index (χ1) is 15.7. The highest BCUT2D eigenvalue weighted by Gasteiger charge is 2.19. The van der Waals surface area contributed by atoms with Crippen molar-refractivity contribution in [1.29, 1.82) is 0 Å². The summed E-state index contributed by atoms with van der Waals surface area (Å²) in [5.74, 6) is -0.376. The number of ether oxygens (including phenoxy) is 1. The van der Waals surface area contributed by atoms with Gasteiger partial charge in [0, 0.05) is 24.8 Å². The number of nitrogen functional groups attached to an aromatic ring is 1. The first-order valence-electron chi connectivity index (χ1n) is 10.4. The molecule has 0 saturated carbocycles. The van der Waals surface area contributed by atoms with Crippen molar-refractivity contribution in [3.63, 3.8) is 0 Å². The van der Waals surface area contributed by atoms with E-state index in [4.69, 9.17) is 18.5 Å². The Morgan fingerprint density at radius 3 is 2.69 bits per heavy atom. The number of carbonyl (C=O) groups is 1. The molecule has 3 aromatic rings. The summed E-state index contributed by atoms with van der Waals surface area (Å²) in [4.78, 5) is 28.0. The number of nitrogens with zero attached hydrogens (tertiary/aromatic N) is 4. The number of anilines is 3. The molecule has 0 bridgehead atoms. The van der Waals surface area contributed by atoms with Crippen LogP contribution in [0.4, 0.5) is 17.2 Å². The standard InChI is InChI=1S/C22H24BN7O2/c23-27-8-5-15-1-3-16(4-2-15)17-14-26-21(24)20(28-17)22(31)29-18-13-25-7-6-19(18)30-9-11-32-12-10-30/h1-4,6-7,13-14,27H,5,8-12H2,(H2,24,26)(H,29,31). The van der Waals surface area contributed by atoms with Crippen LogP contribution in [0.2, 0.25) is 0 Å². The molecule has 1 saturated heterocycles. The number of aromatic nitrogens is 3. The molecule has 0 aliphatic carbocycles. The summed E-state index contributed by atoms with van der Waals surface area (Å²) >= 11 is 0. The number of nitrogens with one attached hydrogen (secondary N) is 2. The molecule has 0 spiro atoms. The van der Waals surface area contributed by atoms with Gasteiger partial charge in [-0.25, -0.2) is 9.97 Å². The molecule has 1 aromatic carbocycles. The van der Waals surface area contributed by atoms with Crippen molar-refractivity contribution in [1.82, 2.24) is 20.2 Å². The van der Waals surface area contributed by atoms with Crippen LogP contribution in [0.3, 0.4) is 0 Å². The number of hydrogen-bond acceptors (Lipinski definition) is 8. The molecule has 4 N–H and O–H groups in total. The number of rotatable bonds is 7. The van der Waals surface area contributed by atoms with Gasteiger partial charge < -0.3 is 25.9 Å². The maximum Gasteiger partial charge on any atom is 0.278 e. The zero-order valence-electron chi connectivity index (χ0n) is 17.6. The van der Waals surface area contributed by atoms with Gasteiger partial charge in [-0.2, -0.15) is 0 Å². The molecule has 1 amide bonds. The van der Waals surface area contributed by atoms with Crippen molar-refractivity contribution in [3.05, 3.63) is 60.2 Å². The van der Waals surface area contributed by atoms with Crippen molar-refractivity contribution in [2.45, 2.75) is 6.42 Å². The van der Waals surface area contributed by atoms with E-state index < -0.39 is 5.91 Å². The van der Waals surface area contributed by atoms with E-state index in [2.05, 4.69) is 30.4 Å². The van der Waals surface area contributed by atoms with Gasteiger partial charge >= 0.3 is 0 Å². The third kappa shape index (κ3) is 5.04. The van der Waals surface area contributed by atoms with E-state index in [0.29, 0.717) is 31.1 Å². The molecule has 162 valence electrons. The average molecular weight is 429 g/mol. The van der Waals surface area contributed by atoms with E-state index in [9.17, 15) is 4.79 Å². The van der Waals surface area contributed by atoms with Crippen LogP contribution in [0.1, 0.15) is 16.1 Å². The number of morpholine rings is 1. The summed E-state index contributed by atoms with van der Waals surface area (Å²) in [6, 6.07) is 9.73. The fourth-order valence-electron chi connectivity index (χ4n) is 3.51. The predicted octanol–water partition coefficient (Wildman–Crippen LogP) is 1.43. The second kappa shape index (κ2) is 10.2. The van der Waals surface area contributed by atoms with E-state index in [0.717, 1.165) is 36.3 Å². The lowest BCUT2D eigenvalue weighted by atomic mass is 10.1. The van der Waals surface area contributed by atoms with Crippen LogP contribution < -0.4 is 21.2 Å². The molecule has 2 aromatic heterocycles. The molecular weight excluding hydrogens is 405 g/mol. The number of pyridine rings is 1. The lowest BCUT2D eigenvalue weighted by Crippen LogP contribution is -2.36. The van der Waals surface area contributed by atoms with Gasteiger partial charge in [0.15, 0.2) is 19.5 Å². The van der Waals surface area contributed by atoms with E-state index in [1.165, 1.54) is 0 Å². The average Bonchev–Trinajstić information content (AvgIpc) is 2.84. The van der Waals surface area contributed by atoms with Gasteiger partial charge in [-0.3, -0.25) is 9.78 Å². The third-order valence-corrected chi connectivity index (χ3v) is 5.22. The second-order valence-electron chi connectivity index (χ2n) is 7.34. The minimum Gasteiger partial charge on any atom is -0.382 e. The van der Waals surface area contributed by atoms with Crippen LogP contribution in [-0.2, 0) is 11.2 Å². The maximum atomic E-state index is 13.0. The van der Waals surface area contributed by atoms with Crippen molar-refractivity contribution in [2.24, 2.45) is 0 Å². The molecule has 1 fully saturated rings. The van der Waals surface area contributed by atoms with Crippen molar-refractivity contribution in [3.8, 4) is 11.3 Å². The minimum atomic E-state index is -0.440. The Morgan fingerprint density at radius 2 is 1.94 bits per heavy atom. The van der Waals surface area contributed by atoms with Crippen molar-refractivity contribution < 1.29 is 9.53 Å². The lowest BCUT2D eigenvalue weighted by molar-refractivity contribution is 0.102. The monoisotopic (exact) mass is 429 g/mol. The fraction of sp³-hybridized carbons (Fsp3) is 0.273. The quantitative estimate of drug-likeness (QED) is 0.483. The van der Waals surface area contributed by atoms with Crippen LogP contribution >= 0.6 is 0 Å². The molecule has 10 heteroatoms. The summed E-state index contributed by atoms with van der Waals surface area (Å²) in [6.07, 6.45) is 5.69. The Kier molecular flexibility index (Phi) is 6.93. The van der Waals surface area contributed by atoms with E-state index >= 15 is 0 Å². The van der Waals surface area contributed by atoms with Gasteiger partial charge in [-0.1, -0.05) is 24.3 Å². The van der Waals surface area contributed by atoms with E-state index in [-0.39, 0.29) is 11.5 Å². The van der Waals surface area contributed by atoms with E-state index in [1.54, 1.807) is 18.6 Å². The van der Waals surface area contributed by atoms with Gasteiger partial charge in [0.1, 0.15) is 0 Å². The molecule has 2 radical (unpaired) electrons. The maximum absolute atomic E-state index is 13.0. The first-order valence-corrected chi connectivity index (χ1v) is 10.4. The second-order valence-corrected chi connectivity index (χ2v) is 7.34. The van der Waals surface area contributed by atoms with Crippen LogP contribution in [-0.4, -0.2) is 61.7 Å². The molecule has 32 heavy (non-hydrogen) atoms. The Morgan fingerprint density at radius 1 is 1.16 bits per heavy atom. The van der Waals surface area contributed by atoms with Crippen LogP contribution in [0, 0.1) is 0 Å². The Labute approximate surface area is 187 Å². The number of carbonyl (C=O) groups excluding carboxylic acids is 1. The highest BCUT2D eigenvalue weighted by Crippen LogP contribution is 2.26. The minimum absolute atomic E-state index is 0.0636. The van der Waals surface area contributed by atoms with Gasteiger partial charge in [-0.15, -0.1) is 0 Å². The summed E-state index contributed by atoms with van der Waals surface area (Å²) in [5.41, 5.74) is 10.1. The summed E-state index contributed by atoms with van der Waals surface area (Å²) in [5, 5.41) is 5.53. The predicted molar refractivity (Wildman–Crippen MR) is 125 cm³/mol.